The maximum absolute atomic E-state index is 12.9. The number of amides is 2. The van der Waals surface area contributed by atoms with Crippen LogP contribution in [0.3, 0.4) is 0 Å². The van der Waals surface area contributed by atoms with Crippen molar-refractivity contribution in [1.82, 2.24) is 10.2 Å². The summed E-state index contributed by atoms with van der Waals surface area (Å²) in [4.78, 5) is 27.0. The van der Waals surface area contributed by atoms with Crippen LogP contribution >= 0.6 is 11.6 Å². The van der Waals surface area contributed by atoms with Gasteiger partial charge in [-0.2, -0.15) is 0 Å². The molecule has 2 amide bonds. The number of carbonyl (C=O) groups excluding carboxylic acids is 2. The van der Waals surface area contributed by atoms with Crippen molar-refractivity contribution >= 4 is 23.4 Å². The molecule has 0 fully saturated rings. The highest BCUT2D eigenvalue weighted by atomic mass is 35.5. The first kappa shape index (κ1) is 21.8. The van der Waals surface area contributed by atoms with Gasteiger partial charge in [-0.25, -0.2) is 0 Å². The van der Waals surface area contributed by atoms with Gasteiger partial charge in [-0.05, 0) is 43.5 Å². The highest BCUT2D eigenvalue weighted by molar-refractivity contribution is 6.32. The van der Waals surface area contributed by atoms with E-state index in [1.54, 1.807) is 36.1 Å². The van der Waals surface area contributed by atoms with Gasteiger partial charge < -0.3 is 15.0 Å². The van der Waals surface area contributed by atoms with Crippen LogP contribution in [-0.4, -0.2) is 35.9 Å². The summed E-state index contributed by atoms with van der Waals surface area (Å²) in [5, 5.41) is 3.30. The standard InChI is InChI=1S/C22H27ClN2O3/c1-4-13-24-22(27)17(3)25(14-18-10-6-5-9-16(18)2)21(26)15-28-20-12-8-7-11-19(20)23/h5-12,17H,4,13-15H2,1-3H3,(H,24,27)/t17-/m1/s1. The molecule has 2 rings (SSSR count). The van der Waals surface area contributed by atoms with E-state index >= 15 is 0 Å². The van der Waals surface area contributed by atoms with E-state index < -0.39 is 6.04 Å². The lowest BCUT2D eigenvalue weighted by molar-refractivity contribution is -0.142. The summed E-state index contributed by atoms with van der Waals surface area (Å²) in [6, 6.07) is 14.2. The second-order valence-electron chi connectivity index (χ2n) is 6.63. The van der Waals surface area contributed by atoms with Crippen molar-refractivity contribution in [2.45, 2.75) is 39.8 Å². The molecule has 6 heteroatoms. The van der Waals surface area contributed by atoms with Crippen LogP contribution in [0.4, 0.5) is 0 Å². The fraction of sp³-hybridized carbons (Fsp3) is 0.364. The normalized spacial score (nSPS) is 11.6. The van der Waals surface area contributed by atoms with E-state index in [0.29, 0.717) is 23.9 Å². The molecule has 2 aromatic carbocycles. The molecule has 0 aliphatic rings. The minimum atomic E-state index is -0.617. The summed E-state index contributed by atoms with van der Waals surface area (Å²) >= 11 is 6.09. The molecule has 0 spiro atoms. The van der Waals surface area contributed by atoms with Gasteiger partial charge >= 0.3 is 0 Å². The van der Waals surface area contributed by atoms with E-state index in [1.165, 1.54) is 0 Å². The number of nitrogens with zero attached hydrogens (tertiary/aromatic N) is 1. The van der Waals surface area contributed by atoms with E-state index in [1.807, 2.05) is 38.1 Å². The lowest BCUT2D eigenvalue weighted by Gasteiger charge is -2.29. The average molecular weight is 403 g/mol. The Balaban J connectivity index is 2.16. The van der Waals surface area contributed by atoms with Crippen molar-refractivity contribution in [3.05, 3.63) is 64.7 Å². The zero-order chi connectivity index (χ0) is 20.5. The molecule has 0 bridgehead atoms. The number of ether oxygens (including phenoxy) is 1. The fourth-order valence-corrected chi connectivity index (χ4v) is 2.92. The molecule has 0 heterocycles. The van der Waals surface area contributed by atoms with Crippen LogP contribution in [0.25, 0.3) is 0 Å². The molecule has 1 atom stereocenters. The molecule has 0 unspecified atom stereocenters. The third-order valence-electron chi connectivity index (χ3n) is 4.51. The van der Waals surface area contributed by atoms with Gasteiger partial charge in [0.1, 0.15) is 11.8 Å². The first-order valence-corrected chi connectivity index (χ1v) is 9.80. The summed E-state index contributed by atoms with van der Waals surface area (Å²) in [6.07, 6.45) is 0.833. The number of para-hydroxylation sites is 1. The number of aryl methyl sites for hydroxylation is 1. The molecule has 0 saturated heterocycles. The molecular formula is C22H27ClN2O3. The van der Waals surface area contributed by atoms with E-state index in [0.717, 1.165) is 17.5 Å². The van der Waals surface area contributed by atoms with Gasteiger partial charge in [-0.1, -0.05) is 54.9 Å². The molecule has 28 heavy (non-hydrogen) atoms. The van der Waals surface area contributed by atoms with E-state index in [9.17, 15) is 9.59 Å². The first-order valence-electron chi connectivity index (χ1n) is 9.43. The van der Waals surface area contributed by atoms with E-state index in [2.05, 4.69) is 5.32 Å². The minimum Gasteiger partial charge on any atom is -0.482 e. The SMILES string of the molecule is CCCNC(=O)[C@@H](C)N(Cc1ccccc1C)C(=O)COc1ccccc1Cl. The first-order chi connectivity index (χ1) is 13.4. The Morgan fingerprint density at radius 2 is 1.82 bits per heavy atom. The average Bonchev–Trinajstić information content (AvgIpc) is 2.70. The lowest BCUT2D eigenvalue weighted by Crippen LogP contribution is -2.49. The molecule has 0 aromatic heterocycles. The predicted octanol–water partition coefficient (Wildman–Crippen LogP) is 3.97. The number of hydrogen-bond donors (Lipinski definition) is 1. The van der Waals surface area contributed by atoms with Gasteiger partial charge in [0.15, 0.2) is 6.61 Å². The number of carbonyl (C=O) groups is 2. The molecular weight excluding hydrogens is 376 g/mol. The number of hydrogen-bond acceptors (Lipinski definition) is 3. The van der Waals surface area contributed by atoms with Gasteiger partial charge in [0.25, 0.3) is 5.91 Å². The minimum absolute atomic E-state index is 0.179. The summed E-state index contributed by atoms with van der Waals surface area (Å²) in [5.74, 6) is -0.0136. The molecule has 0 aliphatic heterocycles. The third-order valence-corrected chi connectivity index (χ3v) is 4.82. The second kappa shape index (κ2) is 10.7. The van der Waals surface area contributed by atoms with Gasteiger partial charge in [-0.15, -0.1) is 0 Å². The summed E-state index contributed by atoms with van der Waals surface area (Å²) in [6.45, 7) is 6.42. The van der Waals surface area contributed by atoms with Crippen LogP contribution in [-0.2, 0) is 16.1 Å². The van der Waals surface area contributed by atoms with Gasteiger partial charge in [0.05, 0.1) is 5.02 Å². The van der Waals surface area contributed by atoms with Crippen LogP contribution in [0.1, 0.15) is 31.4 Å². The molecule has 1 N–H and O–H groups in total. The number of benzene rings is 2. The summed E-state index contributed by atoms with van der Waals surface area (Å²) < 4.78 is 5.60. The number of halogens is 1. The number of rotatable bonds is 9. The molecule has 2 aromatic rings. The Kier molecular flexibility index (Phi) is 8.33. The van der Waals surface area contributed by atoms with Crippen molar-refractivity contribution in [2.75, 3.05) is 13.2 Å². The lowest BCUT2D eigenvalue weighted by atomic mass is 10.1. The maximum atomic E-state index is 12.9. The van der Waals surface area contributed by atoms with Crippen LogP contribution in [0.2, 0.25) is 5.02 Å². The zero-order valence-corrected chi connectivity index (χ0v) is 17.3. The number of nitrogens with one attached hydrogen (secondary N) is 1. The van der Waals surface area contributed by atoms with Gasteiger partial charge in [0, 0.05) is 13.1 Å². The van der Waals surface area contributed by atoms with Crippen LogP contribution in [0.5, 0.6) is 5.75 Å². The Labute approximate surface area is 171 Å². The topological polar surface area (TPSA) is 58.6 Å². The third kappa shape index (κ3) is 5.99. The summed E-state index contributed by atoms with van der Waals surface area (Å²) in [5.41, 5.74) is 2.05. The second-order valence-corrected chi connectivity index (χ2v) is 7.04. The quantitative estimate of drug-likeness (QED) is 0.690. The van der Waals surface area contributed by atoms with Gasteiger partial charge in [0.2, 0.25) is 5.91 Å². The molecule has 5 nitrogen and oxygen atoms in total. The zero-order valence-electron chi connectivity index (χ0n) is 16.6. The Bertz CT molecular complexity index is 810. The Morgan fingerprint density at radius 1 is 1.14 bits per heavy atom. The van der Waals surface area contributed by atoms with Crippen LogP contribution in [0.15, 0.2) is 48.5 Å². The smallest absolute Gasteiger partial charge is 0.261 e. The van der Waals surface area contributed by atoms with E-state index in [4.69, 9.17) is 16.3 Å². The van der Waals surface area contributed by atoms with Crippen molar-refractivity contribution in [2.24, 2.45) is 0 Å². The Morgan fingerprint density at radius 3 is 2.50 bits per heavy atom. The summed E-state index contributed by atoms with van der Waals surface area (Å²) in [7, 11) is 0. The van der Waals surface area contributed by atoms with Crippen LogP contribution < -0.4 is 10.1 Å². The maximum Gasteiger partial charge on any atom is 0.261 e. The highest BCUT2D eigenvalue weighted by Crippen LogP contribution is 2.23. The highest BCUT2D eigenvalue weighted by Gasteiger charge is 2.26. The van der Waals surface area contributed by atoms with E-state index in [-0.39, 0.29) is 18.4 Å². The predicted molar refractivity (Wildman–Crippen MR) is 111 cm³/mol. The molecule has 150 valence electrons. The Hall–Kier alpha value is -2.53. The fourth-order valence-electron chi connectivity index (χ4n) is 2.73. The monoisotopic (exact) mass is 402 g/mol. The van der Waals surface area contributed by atoms with Crippen molar-refractivity contribution in [3.8, 4) is 5.75 Å². The van der Waals surface area contributed by atoms with Crippen molar-refractivity contribution in [3.63, 3.8) is 0 Å². The largest absolute Gasteiger partial charge is 0.482 e. The molecule has 0 saturated carbocycles. The molecule has 0 radical (unpaired) electrons. The van der Waals surface area contributed by atoms with Gasteiger partial charge in [-0.3, -0.25) is 9.59 Å². The van der Waals surface area contributed by atoms with Crippen molar-refractivity contribution < 1.29 is 14.3 Å². The van der Waals surface area contributed by atoms with Crippen LogP contribution in [0, 0.1) is 6.92 Å². The molecule has 0 aliphatic carbocycles. The van der Waals surface area contributed by atoms with Crippen molar-refractivity contribution in [1.29, 1.82) is 0 Å².